The molecule has 0 amide bonds. The second-order valence-electron chi connectivity index (χ2n) is 10.5. The molecule has 0 spiro atoms. The molecular formula is C27H31ClFN7OS. The lowest BCUT2D eigenvalue weighted by molar-refractivity contribution is 0.00666. The molecule has 3 fully saturated rings. The number of aromatic nitrogens is 3. The van der Waals surface area contributed by atoms with Crippen molar-refractivity contribution in [3.05, 3.63) is 40.8 Å². The van der Waals surface area contributed by atoms with Crippen LogP contribution in [0.4, 0.5) is 15.5 Å². The highest BCUT2D eigenvalue weighted by Gasteiger charge is 2.31. The van der Waals surface area contributed by atoms with E-state index in [-0.39, 0.29) is 12.2 Å². The van der Waals surface area contributed by atoms with E-state index < -0.39 is 5.82 Å². The highest BCUT2D eigenvalue weighted by molar-refractivity contribution is 7.22. The monoisotopic (exact) mass is 555 g/mol. The standard InChI is InChI=1S/C27H31ClFN7OS/c1-15-12-36(14-22(37-15)17(10-30)11-31-19-6-7-19)26-32-23(20-8-5-18(28)9-21(20)29)24-25(33-26)34-27(38-24)35(2)13-16-3-4-16/h5,8-11,15-16,19,22H,3-4,6-7,12-14,30H2,1-2H3. The van der Waals surface area contributed by atoms with Crippen molar-refractivity contribution in [2.24, 2.45) is 16.6 Å². The van der Waals surface area contributed by atoms with Gasteiger partial charge in [-0.15, -0.1) is 0 Å². The van der Waals surface area contributed by atoms with Crippen molar-refractivity contribution in [2.45, 2.75) is 50.9 Å². The minimum absolute atomic E-state index is 0.0938. The Morgan fingerprint density at radius 1 is 1.26 bits per heavy atom. The van der Waals surface area contributed by atoms with Crippen molar-refractivity contribution >= 4 is 50.6 Å². The number of thiazole rings is 1. The summed E-state index contributed by atoms with van der Waals surface area (Å²) in [6.07, 6.45) is 7.76. The van der Waals surface area contributed by atoms with Crippen molar-refractivity contribution in [3.8, 4) is 11.3 Å². The van der Waals surface area contributed by atoms with Gasteiger partial charge in [0.1, 0.15) is 16.6 Å². The molecule has 2 atom stereocenters. The summed E-state index contributed by atoms with van der Waals surface area (Å²) in [6.45, 7) is 4.04. The SMILES string of the molecule is CC1CN(c2nc(-c3ccc(Cl)cc3F)c3sc(N(C)CC4CC4)nc3n2)CC(C(C=NC2CC2)=CN)O1. The van der Waals surface area contributed by atoms with Crippen LogP contribution in [0, 0.1) is 11.7 Å². The lowest BCUT2D eigenvalue weighted by atomic mass is 10.1. The molecule has 0 bridgehead atoms. The predicted octanol–water partition coefficient (Wildman–Crippen LogP) is 5.06. The number of aliphatic imine (C=N–C) groups is 1. The van der Waals surface area contributed by atoms with Crippen LogP contribution in [-0.4, -0.2) is 66.1 Å². The smallest absolute Gasteiger partial charge is 0.228 e. The number of benzene rings is 1. The zero-order valence-electron chi connectivity index (χ0n) is 21.5. The minimum Gasteiger partial charge on any atom is -0.404 e. The van der Waals surface area contributed by atoms with Crippen LogP contribution < -0.4 is 15.5 Å². The molecule has 38 heavy (non-hydrogen) atoms. The zero-order chi connectivity index (χ0) is 26.4. The highest BCUT2D eigenvalue weighted by atomic mass is 35.5. The van der Waals surface area contributed by atoms with Crippen molar-refractivity contribution in [1.29, 1.82) is 0 Å². The average Bonchev–Trinajstić information content (AvgIpc) is 3.82. The summed E-state index contributed by atoms with van der Waals surface area (Å²) < 4.78 is 22.2. The van der Waals surface area contributed by atoms with Gasteiger partial charge in [0, 0.05) is 48.7 Å². The van der Waals surface area contributed by atoms with Crippen LogP contribution in [0.2, 0.25) is 5.02 Å². The molecule has 3 aliphatic rings. The van der Waals surface area contributed by atoms with Gasteiger partial charge in [-0.2, -0.15) is 9.97 Å². The number of nitrogens with two attached hydrogens (primary N) is 1. The van der Waals surface area contributed by atoms with Crippen molar-refractivity contribution in [2.75, 3.05) is 36.5 Å². The molecule has 11 heteroatoms. The third kappa shape index (κ3) is 5.48. The maximum Gasteiger partial charge on any atom is 0.228 e. The van der Waals surface area contributed by atoms with E-state index in [0.29, 0.717) is 52.9 Å². The molecule has 6 rings (SSSR count). The molecule has 3 heterocycles. The topological polar surface area (TPSA) is 92.8 Å². The largest absolute Gasteiger partial charge is 0.404 e. The normalized spacial score (nSPS) is 22.5. The molecule has 1 saturated heterocycles. The number of hydrogen-bond acceptors (Lipinski definition) is 9. The Bertz CT molecular complexity index is 1400. The van der Waals surface area contributed by atoms with E-state index in [1.165, 1.54) is 30.2 Å². The van der Waals surface area contributed by atoms with Gasteiger partial charge in [0.05, 0.1) is 24.4 Å². The first kappa shape index (κ1) is 25.5. The number of halogens is 2. The van der Waals surface area contributed by atoms with E-state index in [2.05, 4.69) is 14.8 Å². The first-order chi connectivity index (χ1) is 18.4. The second-order valence-corrected chi connectivity index (χ2v) is 11.9. The Morgan fingerprint density at radius 2 is 2.08 bits per heavy atom. The fraction of sp³-hybridized carbons (Fsp3) is 0.481. The van der Waals surface area contributed by atoms with Crippen molar-refractivity contribution < 1.29 is 9.13 Å². The Morgan fingerprint density at radius 3 is 2.79 bits per heavy atom. The first-order valence-electron chi connectivity index (χ1n) is 13.1. The molecule has 2 N–H and O–H groups in total. The number of rotatable bonds is 8. The summed E-state index contributed by atoms with van der Waals surface area (Å²) >= 11 is 7.56. The fourth-order valence-electron chi connectivity index (χ4n) is 4.68. The molecule has 2 aromatic heterocycles. The van der Waals surface area contributed by atoms with Crippen molar-refractivity contribution in [3.63, 3.8) is 0 Å². The van der Waals surface area contributed by atoms with Crippen LogP contribution in [-0.2, 0) is 4.74 Å². The molecule has 2 unspecified atom stereocenters. The van der Waals surface area contributed by atoms with Gasteiger partial charge in [0.25, 0.3) is 0 Å². The Balaban J connectivity index is 1.39. The number of hydrogen-bond donors (Lipinski definition) is 1. The number of anilines is 2. The quantitative estimate of drug-likeness (QED) is 0.388. The third-order valence-electron chi connectivity index (χ3n) is 7.06. The van der Waals surface area contributed by atoms with E-state index in [0.717, 1.165) is 34.8 Å². The molecule has 0 radical (unpaired) electrons. The van der Waals surface area contributed by atoms with E-state index in [1.54, 1.807) is 18.3 Å². The van der Waals surface area contributed by atoms with E-state index in [1.807, 2.05) is 20.2 Å². The van der Waals surface area contributed by atoms with Gasteiger partial charge in [-0.1, -0.05) is 22.9 Å². The molecule has 2 saturated carbocycles. The number of nitrogens with zero attached hydrogens (tertiary/aromatic N) is 6. The van der Waals surface area contributed by atoms with Gasteiger partial charge in [-0.05, 0) is 56.7 Å². The lowest BCUT2D eigenvalue weighted by Crippen LogP contribution is -2.48. The van der Waals surface area contributed by atoms with Crippen molar-refractivity contribution in [1.82, 2.24) is 15.0 Å². The highest BCUT2D eigenvalue weighted by Crippen LogP contribution is 2.39. The van der Waals surface area contributed by atoms with Gasteiger partial charge >= 0.3 is 0 Å². The first-order valence-corrected chi connectivity index (χ1v) is 14.3. The summed E-state index contributed by atoms with van der Waals surface area (Å²) in [7, 11) is 2.05. The fourth-order valence-corrected chi connectivity index (χ4v) is 5.82. The molecule has 3 aromatic rings. The number of fused-ring (bicyclic) bond motifs is 1. The van der Waals surface area contributed by atoms with Crippen LogP contribution in [0.5, 0.6) is 0 Å². The maximum atomic E-state index is 15.2. The number of ether oxygens (including phenoxy) is 1. The number of morpholine rings is 1. The molecule has 1 aliphatic heterocycles. The van der Waals surface area contributed by atoms with Crippen LogP contribution >= 0.6 is 22.9 Å². The van der Waals surface area contributed by atoms with Gasteiger partial charge in [0.15, 0.2) is 10.8 Å². The van der Waals surface area contributed by atoms with E-state index in [4.69, 9.17) is 37.0 Å². The van der Waals surface area contributed by atoms with E-state index in [9.17, 15) is 0 Å². The van der Waals surface area contributed by atoms with Crippen LogP contribution in [0.15, 0.2) is 35.0 Å². The van der Waals surface area contributed by atoms with Gasteiger partial charge < -0.3 is 20.3 Å². The average molecular weight is 556 g/mol. The third-order valence-corrected chi connectivity index (χ3v) is 8.46. The minimum atomic E-state index is -0.428. The summed E-state index contributed by atoms with van der Waals surface area (Å²) in [4.78, 5) is 23.5. The van der Waals surface area contributed by atoms with Gasteiger partial charge in [0.2, 0.25) is 5.95 Å². The molecule has 1 aromatic carbocycles. The molecule has 200 valence electrons. The predicted molar refractivity (Wildman–Crippen MR) is 152 cm³/mol. The maximum absolute atomic E-state index is 15.2. The summed E-state index contributed by atoms with van der Waals surface area (Å²) in [5.74, 6) is 0.767. The van der Waals surface area contributed by atoms with Gasteiger partial charge in [-0.25, -0.2) is 9.37 Å². The van der Waals surface area contributed by atoms with Crippen LogP contribution in [0.25, 0.3) is 21.6 Å². The van der Waals surface area contributed by atoms with Crippen LogP contribution in [0.3, 0.4) is 0 Å². The summed E-state index contributed by atoms with van der Waals surface area (Å²) in [5, 5.41) is 1.19. The Kier molecular flexibility index (Phi) is 6.96. The second kappa shape index (κ2) is 10.4. The summed E-state index contributed by atoms with van der Waals surface area (Å²) in [5.41, 5.74) is 8.24. The molecule has 8 nitrogen and oxygen atoms in total. The molecular weight excluding hydrogens is 525 g/mol. The summed E-state index contributed by atoms with van der Waals surface area (Å²) in [6, 6.07) is 5.06. The zero-order valence-corrected chi connectivity index (χ0v) is 23.1. The van der Waals surface area contributed by atoms with E-state index >= 15 is 4.39 Å². The Hall–Kier alpha value is -2.82. The molecule has 2 aliphatic carbocycles. The van der Waals surface area contributed by atoms with Gasteiger partial charge in [-0.3, -0.25) is 4.99 Å². The lowest BCUT2D eigenvalue weighted by Gasteiger charge is -2.37. The Labute approximate surface area is 230 Å². The van der Waals surface area contributed by atoms with Crippen LogP contribution in [0.1, 0.15) is 32.6 Å².